The topological polar surface area (TPSA) is 30.9 Å². The molecule has 0 amide bonds. The second kappa shape index (κ2) is 7.81. The number of rotatable bonds is 6. The number of benzene rings is 2. The number of methoxy groups -OCH3 is 1. The van der Waals surface area contributed by atoms with Gasteiger partial charge in [0.1, 0.15) is 0 Å². The average Bonchev–Trinajstić information content (AvgIpc) is 3.34. The molecule has 27 heavy (non-hydrogen) atoms. The van der Waals surface area contributed by atoms with Crippen LogP contribution in [0.1, 0.15) is 55.3 Å². The molecule has 2 aromatic carbocycles. The van der Waals surface area contributed by atoms with Gasteiger partial charge in [-0.05, 0) is 54.1 Å². The van der Waals surface area contributed by atoms with E-state index in [1.807, 2.05) is 0 Å². The molecular formula is C23H29NO3. The van der Waals surface area contributed by atoms with Gasteiger partial charge in [0.05, 0.1) is 7.11 Å². The second-order valence-corrected chi connectivity index (χ2v) is 7.48. The molecular weight excluding hydrogens is 338 g/mol. The first-order chi connectivity index (χ1) is 13.2. The van der Waals surface area contributed by atoms with Crippen molar-refractivity contribution < 1.29 is 14.2 Å². The van der Waals surface area contributed by atoms with Crippen LogP contribution in [0.2, 0.25) is 0 Å². The summed E-state index contributed by atoms with van der Waals surface area (Å²) >= 11 is 0. The van der Waals surface area contributed by atoms with Gasteiger partial charge in [0, 0.05) is 12.6 Å². The fraction of sp³-hybridized carbons (Fsp3) is 0.478. The van der Waals surface area contributed by atoms with Crippen molar-refractivity contribution in [3.8, 4) is 17.2 Å². The van der Waals surface area contributed by atoms with Gasteiger partial charge in [-0.3, -0.25) is 4.90 Å². The van der Waals surface area contributed by atoms with Crippen molar-refractivity contribution in [2.75, 3.05) is 27.0 Å². The highest BCUT2D eigenvalue weighted by atomic mass is 16.7. The molecule has 4 heteroatoms. The van der Waals surface area contributed by atoms with E-state index in [2.05, 4.69) is 55.1 Å². The Hall–Kier alpha value is -2.20. The number of ether oxygens (including phenoxy) is 3. The van der Waals surface area contributed by atoms with Crippen LogP contribution in [-0.4, -0.2) is 31.9 Å². The standard InChI is InChI=1S/C23H29NO3/c1-4-6-16-7-9-17(10-8-16)20-11-19(14-24(20)5-2)18-12-21(25-3)23-22(13-18)26-15-27-23/h7-10,12-13,19-20H,4-6,11,14-15H2,1-3H3/t19?,20-/m1/s1. The maximum Gasteiger partial charge on any atom is 0.231 e. The van der Waals surface area contributed by atoms with E-state index in [4.69, 9.17) is 14.2 Å². The molecule has 2 aliphatic heterocycles. The summed E-state index contributed by atoms with van der Waals surface area (Å²) in [5.74, 6) is 2.78. The number of likely N-dealkylation sites (N-methyl/N-ethyl adjacent to an activating group) is 1. The molecule has 0 bridgehead atoms. The van der Waals surface area contributed by atoms with Crippen LogP contribution in [0.4, 0.5) is 0 Å². The van der Waals surface area contributed by atoms with Crippen LogP contribution in [0.3, 0.4) is 0 Å². The lowest BCUT2D eigenvalue weighted by atomic mass is 9.93. The molecule has 2 heterocycles. The van der Waals surface area contributed by atoms with Crippen molar-refractivity contribution in [2.24, 2.45) is 0 Å². The van der Waals surface area contributed by atoms with E-state index in [0.717, 1.165) is 43.2 Å². The lowest BCUT2D eigenvalue weighted by Gasteiger charge is -2.23. The molecule has 1 fully saturated rings. The quantitative estimate of drug-likeness (QED) is 0.725. The van der Waals surface area contributed by atoms with Crippen molar-refractivity contribution in [1.82, 2.24) is 4.90 Å². The lowest BCUT2D eigenvalue weighted by molar-refractivity contribution is 0.171. The summed E-state index contributed by atoms with van der Waals surface area (Å²) in [7, 11) is 1.69. The van der Waals surface area contributed by atoms with Gasteiger partial charge in [-0.1, -0.05) is 44.5 Å². The largest absolute Gasteiger partial charge is 0.493 e. The molecule has 2 aliphatic rings. The number of hydrogen-bond donors (Lipinski definition) is 0. The van der Waals surface area contributed by atoms with Crippen LogP contribution < -0.4 is 14.2 Å². The van der Waals surface area contributed by atoms with Crippen molar-refractivity contribution in [3.05, 3.63) is 53.1 Å². The molecule has 0 radical (unpaired) electrons. The van der Waals surface area contributed by atoms with Crippen LogP contribution in [0.25, 0.3) is 0 Å². The molecule has 1 unspecified atom stereocenters. The summed E-state index contributed by atoms with van der Waals surface area (Å²) in [5, 5.41) is 0. The Labute approximate surface area is 162 Å². The molecule has 0 aromatic heterocycles. The molecule has 0 N–H and O–H groups in total. The van der Waals surface area contributed by atoms with E-state index in [1.165, 1.54) is 23.1 Å². The number of hydrogen-bond acceptors (Lipinski definition) is 4. The van der Waals surface area contributed by atoms with E-state index >= 15 is 0 Å². The van der Waals surface area contributed by atoms with Gasteiger partial charge in [-0.2, -0.15) is 0 Å². The Morgan fingerprint density at radius 1 is 1.07 bits per heavy atom. The number of likely N-dealkylation sites (tertiary alicyclic amines) is 1. The van der Waals surface area contributed by atoms with Gasteiger partial charge in [-0.15, -0.1) is 0 Å². The monoisotopic (exact) mass is 367 g/mol. The minimum absolute atomic E-state index is 0.271. The van der Waals surface area contributed by atoms with E-state index in [9.17, 15) is 0 Å². The number of nitrogens with zero attached hydrogens (tertiary/aromatic N) is 1. The van der Waals surface area contributed by atoms with Gasteiger partial charge < -0.3 is 14.2 Å². The summed E-state index contributed by atoms with van der Waals surface area (Å²) in [6.45, 7) is 6.86. The average molecular weight is 367 g/mol. The highest BCUT2D eigenvalue weighted by molar-refractivity contribution is 5.56. The maximum absolute atomic E-state index is 5.63. The molecule has 2 aromatic rings. The van der Waals surface area contributed by atoms with Crippen LogP contribution in [-0.2, 0) is 6.42 Å². The van der Waals surface area contributed by atoms with Crippen molar-refractivity contribution in [2.45, 2.75) is 45.1 Å². The van der Waals surface area contributed by atoms with Crippen molar-refractivity contribution in [3.63, 3.8) is 0 Å². The zero-order valence-corrected chi connectivity index (χ0v) is 16.5. The molecule has 0 saturated carbocycles. The summed E-state index contributed by atoms with van der Waals surface area (Å²) in [5.41, 5.74) is 4.13. The zero-order valence-electron chi connectivity index (χ0n) is 16.5. The smallest absolute Gasteiger partial charge is 0.231 e. The highest BCUT2D eigenvalue weighted by Crippen LogP contribution is 2.47. The van der Waals surface area contributed by atoms with E-state index < -0.39 is 0 Å². The van der Waals surface area contributed by atoms with Crippen molar-refractivity contribution in [1.29, 1.82) is 0 Å². The van der Waals surface area contributed by atoms with Crippen molar-refractivity contribution >= 4 is 0 Å². The summed E-state index contributed by atoms with van der Waals surface area (Å²) in [4.78, 5) is 2.58. The first-order valence-electron chi connectivity index (χ1n) is 10.0. The summed E-state index contributed by atoms with van der Waals surface area (Å²) in [6.07, 6.45) is 3.46. The highest BCUT2D eigenvalue weighted by Gasteiger charge is 2.34. The Morgan fingerprint density at radius 2 is 1.89 bits per heavy atom. The summed E-state index contributed by atoms with van der Waals surface area (Å²) < 4.78 is 16.7. The maximum atomic E-state index is 5.63. The summed E-state index contributed by atoms with van der Waals surface area (Å²) in [6, 6.07) is 14.0. The molecule has 0 aliphatic carbocycles. The molecule has 4 rings (SSSR count). The fourth-order valence-corrected chi connectivity index (χ4v) is 4.42. The third kappa shape index (κ3) is 3.51. The predicted molar refractivity (Wildman–Crippen MR) is 107 cm³/mol. The lowest BCUT2D eigenvalue weighted by Crippen LogP contribution is -2.23. The predicted octanol–water partition coefficient (Wildman–Crippen LogP) is 4.93. The molecule has 2 atom stereocenters. The normalized spacial score (nSPS) is 21.6. The zero-order chi connectivity index (χ0) is 18.8. The first kappa shape index (κ1) is 18.2. The van der Waals surface area contributed by atoms with Crippen LogP contribution in [0.15, 0.2) is 36.4 Å². The SMILES string of the molecule is CCCc1ccc([C@H]2CC(c3cc(OC)c4c(c3)OCO4)CN2CC)cc1. The van der Waals surface area contributed by atoms with Crippen LogP contribution in [0.5, 0.6) is 17.2 Å². The molecule has 1 saturated heterocycles. The third-order valence-corrected chi connectivity index (χ3v) is 5.86. The number of aryl methyl sites for hydroxylation is 1. The van der Waals surface area contributed by atoms with E-state index in [-0.39, 0.29) is 6.79 Å². The Bertz CT molecular complexity index is 787. The number of fused-ring (bicyclic) bond motifs is 1. The molecule has 144 valence electrons. The van der Waals surface area contributed by atoms with Gasteiger partial charge in [0.2, 0.25) is 12.5 Å². The third-order valence-electron chi connectivity index (χ3n) is 5.86. The molecule has 4 nitrogen and oxygen atoms in total. The first-order valence-corrected chi connectivity index (χ1v) is 10.0. The second-order valence-electron chi connectivity index (χ2n) is 7.48. The Balaban J connectivity index is 1.58. The minimum atomic E-state index is 0.271. The van der Waals surface area contributed by atoms with Gasteiger partial charge >= 0.3 is 0 Å². The Morgan fingerprint density at radius 3 is 2.59 bits per heavy atom. The van der Waals surface area contributed by atoms with E-state index in [0.29, 0.717) is 12.0 Å². The Kier molecular flexibility index (Phi) is 5.26. The minimum Gasteiger partial charge on any atom is -0.493 e. The van der Waals surface area contributed by atoms with Gasteiger partial charge in [-0.25, -0.2) is 0 Å². The van der Waals surface area contributed by atoms with Crippen LogP contribution in [0, 0.1) is 0 Å². The van der Waals surface area contributed by atoms with Gasteiger partial charge in [0.25, 0.3) is 0 Å². The van der Waals surface area contributed by atoms with Crippen LogP contribution >= 0.6 is 0 Å². The van der Waals surface area contributed by atoms with Gasteiger partial charge in [0.15, 0.2) is 11.5 Å². The molecule has 0 spiro atoms. The van der Waals surface area contributed by atoms with E-state index in [1.54, 1.807) is 7.11 Å². The fourth-order valence-electron chi connectivity index (χ4n) is 4.42.